The number of hydrogen-bond acceptors (Lipinski definition) is 1. The van der Waals surface area contributed by atoms with Crippen molar-refractivity contribution >= 4 is 6.98 Å². The third-order valence-corrected chi connectivity index (χ3v) is 2.05. The Labute approximate surface area is 134 Å². The summed E-state index contributed by atoms with van der Waals surface area (Å²) >= 11 is 0. The van der Waals surface area contributed by atoms with E-state index >= 15 is 0 Å². The Kier molecular flexibility index (Phi) is 6.28. The van der Waals surface area contributed by atoms with Crippen LogP contribution in [0.15, 0.2) is 35.2 Å². The van der Waals surface area contributed by atoms with Gasteiger partial charge in [-0.2, -0.15) is 0 Å². The van der Waals surface area contributed by atoms with Crippen LogP contribution in [0.4, 0.5) is 12.9 Å². The van der Waals surface area contributed by atoms with Gasteiger partial charge in [0.25, 0.3) is 5.56 Å². The van der Waals surface area contributed by atoms with Gasteiger partial charge in [-0.1, -0.05) is 6.07 Å². The molecule has 0 fully saturated rings. The zero-order chi connectivity index (χ0) is 11.6. The second-order valence-corrected chi connectivity index (χ2v) is 3.36. The first-order valence-electron chi connectivity index (χ1n) is 4.36. The van der Waals surface area contributed by atoms with Crippen molar-refractivity contribution in [1.29, 1.82) is 0 Å². The number of aromatic nitrogens is 1. The quantitative estimate of drug-likeness (QED) is 0.642. The van der Waals surface area contributed by atoms with Crippen molar-refractivity contribution in [3.63, 3.8) is 0 Å². The third kappa shape index (κ3) is 4.21. The molecule has 0 amide bonds. The molecule has 0 N–H and O–H groups in total. The van der Waals surface area contributed by atoms with Crippen molar-refractivity contribution < 1.29 is 64.3 Å². The standard InChI is InChI=1S/C9H10BF3NO.K/c1-7-4-3-5-14(9(7)15)6-8(2)10(11,12)13;/h3-5H,2,6H2,1H3;/q-1;+1. The van der Waals surface area contributed by atoms with E-state index in [1.807, 2.05) is 0 Å². The maximum absolute atomic E-state index is 12.2. The molecule has 0 saturated heterocycles. The molecular weight excluding hydrogens is 245 g/mol. The molecule has 0 bridgehead atoms. The van der Waals surface area contributed by atoms with Crippen LogP contribution in [0.25, 0.3) is 0 Å². The summed E-state index contributed by atoms with van der Waals surface area (Å²) in [5.74, 6) is 0. The number of nitrogens with zero attached hydrogens (tertiary/aromatic N) is 1. The summed E-state index contributed by atoms with van der Waals surface area (Å²) < 4.78 is 37.7. The summed E-state index contributed by atoms with van der Waals surface area (Å²) in [5.41, 5.74) is -0.874. The molecule has 1 aromatic heterocycles. The van der Waals surface area contributed by atoms with Crippen LogP contribution >= 0.6 is 0 Å². The van der Waals surface area contributed by atoms with Crippen molar-refractivity contribution in [2.45, 2.75) is 13.5 Å². The molecule has 2 nitrogen and oxygen atoms in total. The fourth-order valence-corrected chi connectivity index (χ4v) is 1.10. The van der Waals surface area contributed by atoms with Crippen LogP contribution in [0.1, 0.15) is 5.56 Å². The Bertz CT molecular complexity index is 441. The minimum atomic E-state index is -5.08. The Morgan fingerprint density at radius 1 is 1.50 bits per heavy atom. The van der Waals surface area contributed by atoms with Gasteiger partial charge in [0.15, 0.2) is 0 Å². The number of aryl methyl sites for hydroxylation is 1. The largest absolute Gasteiger partial charge is 1.00 e. The van der Waals surface area contributed by atoms with Crippen LogP contribution in [0, 0.1) is 6.92 Å². The van der Waals surface area contributed by atoms with Crippen molar-refractivity contribution in [1.82, 2.24) is 4.57 Å². The first-order chi connectivity index (χ1) is 6.82. The molecule has 16 heavy (non-hydrogen) atoms. The Balaban J connectivity index is 0.00000225. The zero-order valence-electron chi connectivity index (χ0n) is 9.21. The molecule has 0 aliphatic carbocycles. The zero-order valence-corrected chi connectivity index (χ0v) is 12.3. The molecule has 0 aromatic carbocycles. The fraction of sp³-hybridized carbons (Fsp3) is 0.222. The van der Waals surface area contributed by atoms with Crippen LogP contribution in [-0.4, -0.2) is 11.5 Å². The molecule has 0 aliphatic heterocycles. The van der Waals surface area contributed by atoms with E-state index in [1.165, 1.54) is 12.3 Å². The van der Waals surface area contributed by atoms with Crippen molar-refractivity contribution in [3.8, 4) is 0 Å². The molecule has 0 aliphatic rings. The van der Waals surface area contributed by atoms with Crippen LogP contribution in [0.3, 0.4) is 0 Å². The Morgan fingerprint density at radius 2 is 2.06 bits per heavy atom. The van der Waals surface area contributed by atoms with Gasteiger partial charge in [0, 0.05) is 18.3 Å². The number of pyridine rings is 1. The van der Waals surface area contributed by atoms with Crippen molar-refractivity contribution in [2.24, 2.45) is 0 Å². The molecule has 1 aromatic rings. The molecule has 0 spiro atoms. The van der Waals surface area contributed by atoms with Gasteiger partial charge in [-0.3, -0.25) is 4.79 Å². The van der Waals surface area contributed by atoms with E-state index in [0.29, 0.717) is 5.56 Å². The van der Waals surface area contributed by atoms with E-state index in [-0.39, 0.29) is 51.4 Å². The molecule has 1 heterocycles. The Hall–Kier alpha value is 0.181. The normalized spacial score (nSPS) is 10.8. The molecule has 1 rings (SSSR count). The Morgan fingerprint density at radius 3 is 2.56 bits per heavy atom. The monoisotopic (exact) mass is 255 g/mol. The topological polar surface area (TPSA) is 22.0 Å². The summed E-state index contributed by atoms with van der Waals surface area (Å²) in [5, 5.41) is 0. The van der Waals surface area contributed by atoms with Crippen LogP contribution < -0.4 is 56.9 Å². The van der Waals surface area contributed by atoms with E-state index in [9.17, 15) is 17.7 Å². The molecule has 7 heteroatoms. The smallest absolute Gasteiger partial charge is 0.445 e. The predicted molar refractivity (Wildman–Crippen MR) is 53.7 cm³/mol. The second-order valence-electron chi connectivity index (χ2n) is 3.36. The van der Waals surface area contributed by atoms with E-state index in [1.54, 1.807) is 13.0 Å². The maximum atomic E-state index is 12.2. The van der Waals surface area contributed by atoms with Gasteiger partial charge >= 0.3 is 58.4 Å². The first kappa shape index (κ1) is 16.2. The van der Waals surface area contributed by atoms with Gasteiger partial charge in [-0.15, -0.1) is 12.1 Å². The van der Waals surface area contributed by atoms with Crippen LogP contribution in [0.5, 0.6) is 0 Å². The summed E-state index contributed by atoms with van der Waals surface area (Å²) in [6.45, 7) is -1.08. The number of hydrogen-bond donors (Lipinski definition) is 0. The molecule has 0 saturated carbocycles. The minimum Gasteiger partial charge on any atom is -0.445 e. The second kappa shape index (κ2) is 6.21. The van der Waals surface area contributed by atoms with Gasteiger partial charge in [0.2, 0.25) is 0 Å². The van der Waals surface area contributed by atoms with E-state index in [4.69, 9.17) is 0 Å². The summed E-state index contributed by atoms with van der Waals surface area (Å²) in [7, 11) is 0. The van der Waals surface area contributed by atoms with Crippen LogP contribution in [0.2, 0.25) is 0 Å². The van der Waals surface area contributed by atoms with Gasteiger partial charge in [0.05, 0.1) is 0 Å². The van der Waals surface area contributed by atoms with Crippen LogP contribution in [-0.2, 0) is 6.54 Å². The van der Waals surface area contributed by atoms with Gasteiger partial charge < -0.3 is 17.5 Å². The first-order valence-corrected chi connectivity index (χ1v) is 4.36. The van der Waals surface area contributed by atoms with Crippen molar-refractivity contribution in [3.05, 3.63) is 46.3 Å². The maximum Gasteiger partial charge on any atom is 1.00 e. The number of halogens is 3. The average molecular weight is 255 g/mol. The minimum absolute atomic E-state index is 0. The van der Waals surface area contributed by atoms with Crippen molar-refractivity contribution in [2.75, 3.05) is 0 Å². The molecule has 0 radical (unpaired) electrons. The van der Waals surface area contributed by atoms with Gasteiger partial charge in [-0.05, 0) is 13.0 Å². The third-order valence-electron chi connectivity index (χ3n) is 2.05. The molecule has 0 atom stereocenters. The molecular formula is C9H10BF3KNO. The fourth-order valence-electron chi connectivity index (χ4n) is 1.10. The number of rotatable bonds is 3. The van der Waals surface area contributed by atoms with E-state index < -0.39 is 24.6 Å². The summed E-state index contributed by atoms with van der Waals surface area (Å²) in [6.07, 6.45) is 1.32. The number of allylic oxidation sites excluding steroid dienone is 1. The predicted octanol–water partition coefficient (Wildman–Crippen LogP) is -0.896. The van der Waals surface area contributed by atoms with Gasteiger partial charge in [-0.25, -0.2) is 0 Å². The van der Waals surface area contributed by atoms with Gasteiger partial charge in [0.1, 0.15) is 0 Å². The van der Waals surface area contributed by atoms with E-state index in [0.717, 1.165) is 4.57 Å². The average Bonchev–Trinajstić information content (AvgIpc) is 2.11. The summed E-state index contributed by atoms with van der Waals surface area (Å²) in [4.78, 5) is 11.4. The van der Waals surface area contributed by atoms with E-state index in [2.05, 4.69) is 6.58 Å². The molecule has 0 unspecified atom stereocenters. The SMILES string of the molecule is C=C(Cn1cccc(C)c1=O)[B-](F)(F)F.[K+]. The summed E-state index contributed by atoms with van der Waals surface area (Å²) in [6, 6.07) is 3.09. The molecule has 82 valence electrons.